The van der Waals surface area contributed by atoms with Crippen molar-refractivity contribution in [3.05, 3.63) is 35.4 Å². The van der Waals surface area contributed by atoms with Gasteiger partial charge in [-0.05, 0) is 25.5 Å². The maximum Gasteiger partial charge on any atom is 0.241 e. The van der Waals surface area contributed by atoms with Crippen molar-refractivity contribution in [2.45, 2.75) is 38.5 Å². The van der Waals surface area contributed by atoms with Crippen LogP contribution in [0.25, 0.3) is 0 Å². The topological polar surface area (TPSA) is 41.6 Å². The largest absolute Gasteiger partial charge is 0.383 e. The van der Waals surface area contributed by atoms with E-state index >= 15 is 0 Å². The smallest absolute Gasteiger partial charge is 0.241 e. The monoisotopic (exact) mass is 298 g/mol. The molecule has 4 nitrogen and oxygen atoms in total. The number of hydrogen-bond acceptors (Lipinski definition) is 3. The molecule has 2 rings (SSSR count). The standard InChI is InChI=1S/C15H20F2N2O2/c1-4-11(8-21-3)19-14(18-9(2)15(19)20)12-6-5-10(16)7-13(12)17/h5-7,9,11,14,18H,4,8H2,1-3H3. The van der Waals surface area contributed by atoms with Crippen LogP contribution in [0.5, 0.6) is 0 Å². The second-order valence-electron chi connectivity index (χ2n) is 5.22. The van der Waals surface area contributed by atoms with Crippen LogP contribution in [-0.2, 0) is 9.53 Å². The molecule has 0 bridgehead atoms. The summed E-state index contributed by atoms with van der Waals surface area (Å²) in [5.74, 6) is -1.40. The molecule has 1 aliphatic rings. The molecule has 1 fully saturated rings. The van der Waals surface area contributed by atoms with E-state index in [1.807, 2.05) is 6.92 Å². The molecule has 21 heavy (non-hydrogen) atoms. The first kappa shape index (κ1) is 15.9. The van der Waals surface area contributed by atoms with Gasteiger partial charge in [0, 0.05) is 18.7 Å². The van der Waals surface area contributed by atoms with Crippen molar-refractivity contribution in [3.8, 4) is 0 Å². The number of nitrogens with zero attached hydrogens (tertiary/aromatic N) is 1. The molecular weight excluding hydrogens is 278 g/mol. The van der Waals surface area contributed by atoms with Gasteiger partial charge in [0.25, 0.3) is 0 Å². The number of benzene rings is 1. The van der Waals surface area contributed by atoms with E-state index in [9.17, 15) is 13.6 Å². The Bertz CT molecular complexity index is 524. The molecule has 1 aromatic rings. The summed E-state index contributed by atoms with van der Waals surface area (Å²) < 4.78 is 32.3. The molecule has 1 saturated heterocycles. The first-order valence-electron chi connectivity index (χ1n) is 7.01. The quantitative estimate of drug-likeness (QED) is 0.906. The van der Waals surface area contributed by atoms with E-state index in [4.69, 9.17) is 4.74 Å². The fourth-order valence-electron chi connectivity index (χ4n) is 2.68. The van der Waals surface area contributed by atoms with Crippen molar-refractivity contribution in [1.82, 2.24) is 10.2 Å². The van der Waals surface area contributed by atoms with Crippen LogP contribution in [0.3, 0.4) is 0 Å². The van der Waals surface area contributed by atoms with Crippen LogP contribution in [-0.4, -0.2) is 36.6 Å². The highest BCUT2D eigenvalue weighted by atomic mass is 19.1. The zero-order chi connectivity index (χ0) is 15.6. The second kappa shape index (κ2) is 6.49. The fraction of sp³-hybridized carbons (Fsp3) is 0.533. The number of carbonyl (C=O) groups is 1. The molecule has 0 aromatic heterocycles. The predicted octanol–water partition coefficient (Wildman–Crippen LogP) is 2.21. The van der Waals surface area contributed by atoms with E-state index in [2.05, 4.69) is 5.32 Å². The van der Waals surface area contributed by atoms with E-state index in [1.165, 1.54) is 12.1 Å². The van der Waals surface area contributed by atoms with Crippen LogP contribution in [0.15, 0.2) is 18.2 Å². The third kappa shape index (κ3) is 3.06. The predicted molar refractivity (Wildman–Crippen MR) is 74.5 cm³/mol. The van der Waals surface area contributed by atoms with Gasteiger partial charge in [-0.3, -0.25) is 10.1 Å². The third-order valence-electron chi connectivity index (χ3n) is 3.79. The van der Waals surface area contributed by atoms with Gasteiger partial charge in [-0.1, -0.05) is 6.92 Å². The number of carbonyl (C=O) groups excluding carboxylic acids is 1. The fourth-order valence-corrected chi connectivity index (χ4v) is 2.68. The van der Waals surface area contributed by atoms with Crippen molar-refractivity contribution in [1.29, 1.82) is 0 Å². The van der Waals surface area contributed by atoms with Gasteiger partial charge >= 0.3 is 0 Å². The molecule has 1 aliphatic heterocycles. The Labute approximate surface area is 123 Å². The first-order chi connectivity index (χ1) is 9.99. The molecule has 0 saturated carbocycles. The summed E-state index contributed by atoms with van der Waals surface area (Å²) in [4.78, 5) is 14.0. The summed E-state index contributed by atoms with van der Waals surface area (Å²) in [7, 11) is 1.56. The lowest BCUT2D eigenvalue weighted by Gasteiger charge is -2.32. The Balaban J connectivity index is 2.37. The van der Waals surface area contributed by atoms with E-state index in [1.54, 1.807) is 18.9 Å². The minimum Gasteiger partial charge on any atom is -0.383 e. The van der Waals surface area contributed by atoms with Crippen LogP contribution < -0.4 is 5.32 Å². The van der Waals surface area contributed by atoms with Crippen molar-refractivity contribution in [3.63, 3.8) is 0 Å². The lowest BCUT2D eigenvalue weighted by atomic mass is 10.1. The molecule has 1 heterocycles. The highest BCUT2D eigenvalue weighted by Crippen LogP contribution is 2.30. The van der Waals surface area contributed by atoms with Gasteiger partial charge in [0.1, 0.15) is 17.8 Å². The number of halogens is 2. The second-order valence-corrected chi connectivity index (χ2v) is 5.22. The SMILES string of the molecule is CCC(COC)N1C(=O)C(C)NC1c1ccc(F)cc1F. The van der Waals surface area contributed by atoms with Crippen molar-refractivity contribution in [2.24, 2.45) is 0 Å². The van der Waals surface area contributed by atoms with E-state index < -0.39 is 23.8 Å². The number of amides is 1. The summed E-state index contributed by atoms with van der Waals surface area (Å²) in [5.41, 5.74) is 0.267. The van der Waals surface area contributed by atoms with Crippen molar-refractivity contribution < 1.29 is 18.3 Å². The Morgan fingerprint density at radius 3 is 2.71 bits per heavy atom. The minimum absolute atomic E-state index is 0.104. The summed E-state index contributed by atoms with van der Waals surface area (Å²) >= 11 is 0. The van der Waals surface area contributed by atoms with E-state index in [-0.39, 0.29) is 17.5 Å². The van der Waals surface area contributed by atoms with Gasteiger partial charge < -0.3 is 9.64 Å². The van der Waals surface area contributed by atoms with Gasteiger partial charge in [0.2, 0.25) is 5.91 Å². The van der Waals surface area contributed by atoms with Gasteiger partial charge in [-0.25, -0.2) is 8.78 Å². The Morgan fingerprint density at radius 2 is 2.14 bits per heavy atom. The summed E-state index contributed by atoms with van der Waals surface area (Å²) in [5, 5.41) is 3.06. The molecule has 1 N–H and O–H groups in total. The van der Waals surface area contributed by atoms with Crippen molar-refractivity contribution in [2.75, 3.05) is 13.7 Å². The Kier molecular flexibility index (Phi) is 4.90. The Morgan fingerprint density at radius 1 is 1.43 bits per heavy atom. The summed E-state index contributed by atoms with van der Waals surface area (Å²) in [6.07, 6.45) is 0.0843. The molecule has 3 unspecified atom stereocenters. The Hall–Kier alpha value is -1.53. The molecular formula is C15H20F2N2O2. The molecule has 3 atom stereocenters. The highest BCUT2D eigenvalue weighted by Gasteiger charge is 2.41. The lowest BCUT2D eigenvalue weighted by Crippen LogP contribution is -2.42. The van der Waals surface area contributed by atoms with E-state index in [0.717, 1.165) is 6.07 Å². The van der Waals surface area contributed by atoms with E-state index in [0.29, 0.717) is 13.0 Å². The summed E-state index contributed by atoms with van der Waals surface area (Å²) in [6.45, 7) is 4.05. The first-order valence-corrected chi connectivity index (χ1v) is 7.01. The molecule has 1 aromatic carbocycles. The molecule has 116 valence electrons. The van der Waals surface area contributed by atoms with Crippen LogP contribution in [0.1, 0.15) is 32.0 Å². The van der Waals surface area contributed by atoms with Crippen LogP contribution >= 0.6 is 0 Å². The maximum absolute atomic E-state index is 14.0. The zero-order valence-electron chi connectivity index (χ0n) is 12.4. The molecule has 0 spiro atoms. The average molecular weight is 298 g/mol. The number of rotatable bonds is 5. The summed E-state index contributed by atoms with van der Waals surface area (Å²) in [6, 6.07) is 2.84. The van der Waals surface area contributed by atoms with Crippen LogP contribution in [0, 0.1) is 11.6 Å². The lowest BCUT2D eigenvalue weighted by molar-refractivity contribution is -0.133. The van der Waals surface area contributed by atoms with Gasteiger partial charge in [0.15, 0.2) is 0 Å². The van der Waals surface area contributed by atoms with Crippen LogP contribution in [0.4, 0.5) is 8.78 Å². The normalized spacial score (nSPS) is 23.7. The van der Waals surface area contributed by atoms with Gasteiger partial charge in [-0.15, -0.1) is 0 Å². The average Bonchev–Trinajstić information content (AvgIpc) is 2.72. The third-order valence-corrected chi connectivity index (χ3v) is 3.79. The highest BCUT2D eigenvalue weighted by molar-refractivity contribution is 5.84. The zero-order valence-corrected chi connectivity index (χ0v) is 12.4. The number of hydrogen-bond donors (Lipinski definition) is 1. The molecule has 0 aliphatic carbocycles. The number of nitrogens with one attached hydrogen (secondary N) is 1. The minimum atomic E-state index is -0.660. The van der Waals surface area contributed by atoms with Gasteiger partial charge in [0.05, 0.1) is 18.7 Å². The van der Waals surface area contributed by atoms with Gasteiger partial charge in [-0.2, -0.15) is 0 Å². The molecule has 1 amide bonds. The molecule has 0 radical (unpaired) electrons. The van der Waals surface area contributed by atoms with Crippen LogP contribution in [0.2, 0.25) is 0 Å². The maximum atomic E-state index is 14.0. The van der Waals surface area contributed by atoms with Crippen molar-refractivity contribution >= 4 is 5.91 Å². The molecule has 6 heteroatoms. The number of ether oxygens (including phenoxy) is 1. The number of methoxy groups -OCH3 is 1.